The van der Waals surface area contributed by atoms with Crippen molar-refractivity contribution in [2.45, 2.75) is 5.25 Å². The van der Waals surface area contributed by atoms with Crippen molar-refractivity contribution in [1.82, 2.24) is 0 Å². The highest BCUT2D eigenvalue weighted by atomic mass is 79.9. The van der Waals surface area contributed by atoms with Gasteiger partial charge in [0, 0.05) is 4.47 Å². The molecule has 1 atom stereocenters. The number of amidine groups is 1. The van der Waals surface area contributed by atoms with Crippen molar-refractivity contribution in [3.8, 4) is 0 Å². The summed E-state index contributed by atoms with van der Waals surface area (Å²) < 4.78 is 1.08. The molecule has 0 bridgehead atoms. The number of hydrogen-bond donors (Lipinski definition) is 1. The van der Waals surface area contributed by atoms with Crippen molar-refractivity contribution < 1.29 is 0 Å². The third kappa shape index (κ3) is 2.97. The van der Waals surface area contributed by atoms with Gasteiger partial charge in [-0.25, -0.2) is 4.99 Å². The lowest BCUT2D eigenvalue weighted by molar-refractivity contribution is 1.21. The summed E-state index contributed by atoms with van der Waals surface area (Å²) in [6, 6.07) is 18.4. The number of thioether (sulfide) groups is 1. The first-order valence-electron chi connectivity index (χ1n) is 6.26. The van der Waals surface area contributed by atoms with Crippen molar-refractivity contribution in [2.24, 2.45) is 10.7 Å². The van der Waals surface area contributed by atoms with Crippen molar-refractivity contribution in [3.63, 3.8) is 0 Å². The molecule has 2 aromatic carbocycles. The van der Waals surface area contributed by atoms with Crippen LogP contribution < -0.4 is 5.73 Å². The van der Waals surface area contributed by atoms with Gasteiger partial charge in [-0.05, 0) is 29.3 Å². The SMILES string of the molecule is NC1=NC(c2ccccc2)=CC(c2cccc(Br)c2)S1. The number of benzene rings is 2. The Morgan fingerprint density at radius 3 is 2.60 bits per heavy atom. The van der Waals surface area contributed by atoms with Gasteiger partial charge in [0.1, 0.15) is 0 Å². The minimum Gasteiger partial charge on any atom is -0.378 e. The normalized spacial score (nSPS) is 18.4. The summed E-state index contributed by atoms with van der Waals surface area (Å²) in [5, 5.41) is 0.802. The Hall–Kier alpha value is -1.52. The molecule has 0 aliphatic carbocycles. The third-order valence-electron chi connectivity index (χ3n) is 3.03. The first-order valence-corrected chi connectivity index (χ1v) is 7.93. The van der Waals surface area contributed by atoms with E-state index in [0.29, 0.717) is 5.17 Å². The zero-order chi connectivity index (χ0) is 13.9. The highest BCUT2D eigenvalue weighted by Gasteiger charge is 2.18. The Labute approximate surface area is 130 Å². The number of halogens is 1. The van der Waals surface area contributed by atoms with Gasteiger partial charge in [0.15, 0.2) is 5.17 Å². The summed E-state index contributed by atoms with van der Waals surface area (Å²) >= 11 is 5.09. The molecule has 3 rings (SSSR count). The molecular formula is C16H13BrN2S. The maximum absolute atomic E-state index is 5.99. The molecular weight excluding hydrogens is 332 g/mol. The van der Waals surface area contributed by atoms with E-state index in [4.69, 9.17) is 5.73 Å². The third-order valence-corrected chi connectivity index (χ3v) is 4.52. The van der Waals surface area contributed by atoms with Gasteiger partial charge in [-0.2, -0.15) is 0 Å². The fourth-order valence-electron chi connectivity index (χ4n) is 2.11. The standard InChI is InChI=1S/C16H13BrN2S/c17-13-8-4-7-12(9-13)15-10-14(19-16(18)20-15)11-5-2-1-3-6-11/h1-10,15H,(H2,18,19). The summed E-state index contributed by atoms with van der Waals surface area (Å²) in [5.41, 5.74) is 9.24. The Kier molecular flexibility index (Phi) is 3.94. The molecule has 1 heterocycles. The van der Waals surface area contributed by atoms with E-state index in [0.717, 1.165) is 15.7 Å². The van der Waals surface area contributed by atoms with Crippen LogP contribution in [0.15, 0.2) is 70.1 Å². The van der Waals surface area contributed by atoms with E-state index in [1.165, 1.54) is 5.56 Å². The van der Waals surface area contributed by atoms with Crippen LogP contribution in [0.25, 0.3) is 5.70 Å². The zero-order valence-corrected chi connectivity index (χ0v) is 13.1. The van der Waals surface area contributed by atoms with Gasteiger partial charge >= 0.3 is 0 Å². The van der Waals surface area contributed by atoms with Gasteiger partial charge in [0.05, 0.1) is 10.9 Å². The number of aliphatic imine (C=N–C) groups is 1. The molecule has 100 valence electrons. The number of nitrogens with two attached hydrogens (primary N) is 1. The fourth-order valence-corrected chi connectivity index (χ4v) is 3.42. The molecule has 20 heavy (non-hydrogen) atoms. The van der Waals surface area contributed by atoms with Crippen LogP contribution in [0.1, 0.15) is 16.4 Å². The Bertz CT molecular complexity index is 680. The van der Waals surface area contributed by atoms with E-state index >= 15 is 0 Å². The predicted octanol–water partition coefficient (Wildman–Crippen LogP) is 4.59. The van der Waals surface area contributed by atoms with Crippen LogP contribution in [0, 0.1) is 0 Å². The highest BCUT2D eigenvalue weighted by molar-refractivity contribution is 9.10. The molecule has 0 aromatic heterocycles. The summed E-state index contributed by atoms with van der Waals surface area (Å²) in [4.78, 5) is 4.46. The summed E-state index contributed by atoms with van der Waals surface area (Å²) in [7, 11) is 0. The van der Waals surface area contributed by atoms with Crippen molar-refractivity contribution >= 4 is 38.6 Å². The first-order chi connectivity index (χ1) is 9.72. The topological polar surface area (TPSA) is 38.4 Å². The molecule has 2 nitrogen and oxygen atoms in total. The number of nitrogens with zero attached hydrogens (tertiary/aromatic N) is 1. The zero-order valence-electron chi connectivity index (χ0n) is 10.7. The lowest BCUT2D eigenvalue weighted by Crippen LogP contribution is -2.12. The average molecular weight is 345 g/mol. The minimum atomic E-state index is 0.195. The van der Waals surface area contributed by atoms with Gasteiger partial charge in [0.2, 0.25) is 0 Å². The molecule has 0 spiro atoms. The van der Waals surface area contributed by atoms with Crippen molar-refractivity contribution in [2.75, 3.05) is 0 Å². The molecule has 0 amide bonds. The van der Waals surface area contributed by atoms with Crippen LogP contribution >= 0.6 is 27.7 Å². The Balaban J connectivity index is 1.99. The minimum absolute atomic E-state index is 0.195. The number of hydrogen-bond acceptors (Lipinski definition) is 3. The second kappa shape index (κ2) is 5.85. The van der Waals surface area contributed by atoms with E-state index < -0.39 is 0 Å². The van der Waals surface area contributed by atoms with E-state index in [9.17, 15) is 0 Å². The van der Waals surface area contributed by atoms with Gasteiger partial charge in [-0.1, -0.05) is 70.2 Å². The Morgan fingerprint density at radius 1 is 1.05 bits per heavy atom. The summed E-state index contributed by atoms with van der Waals surface area (Å²) in [6.07, 6.45) is 2.16. The van der Waals surface area contributed by atoms with E-state index in [2.05, 4.69) is 51.3 Å². The van der Waals surface area contributed by atoms with Crippen molar-refractivity contribution in [3.05, 3.63) is 76.3 Å². The molecule has 1 aliphatic heterocycles. The van der Waals surface area contributed by atoms with Gasteiger partial charge in [-0.3, -0.25) is 0 Å². The molecule has 2 aromatic rings. The van der Waals surface area contributed by atoms with Gasteiger partial charge in [0.25, 0.3) is 0 Å². The molecule has 1 unspecified atom stereocenters. The molecule has 0 saturated heterocycles. The van der Waals surface area contributed by atoms with Crippen LogP contribution in [0.3, 0.4) is 0 Å². The fraction of sp³-hybridized carbons (Fsp3) is 0.0625. The summed E-state index contributed by atoms with van der Waals surface area (Å²) in [5.74, 6) is 0. The second-order valence-electron chi connectivity index (χ2n) is 4.46. The molecule has 1 aliphatic rings. The molecule has 0 saturated carbocycles. The first kappa shape index (κ1) is 13.5. The second-order valence-corrected chi connectivity index (χ2v) is 6.54. The quantitative estimate of drug-likeness (QED) is 0.864. The molecule has 4 heteroatoms. The smallest absolute Gasteiger partial charge is 0.160 e. The van der Waals surface area contributed by atoms with Crippen LogP contribution in [-0.4, -0.2) is 5.17 Å². The predicted molar refractivity (Wildman–Crippen MR) is 90.5 cm³/mol. The highest BCUT2D eigenvalue weighted by Crippen LogP contribution is 2.38. The maximum atomic E-state index is 5.99. The van der Waals surface area contributed by atoms with Crippen molar-refractivity contribution in [1.29, 1.82) is 0 Å². The van der Waals surface area contributed by atoms with Crippen LogP contribution in [0.2, 0.25) is 0 Å². The maximum Gasteiger partial charge on any atom is 0.160 e. The lowest BCUT2D eigenvalue weighted by atomic mass is 10.1. The van der Waals surface area contributed by atoms with E-state index in [1.54, 1.807) is 11.8 Å². The lowest BCUT2D eigenvalue weighted by Gasteiger charge is -2.19. The van der Waals surface area contributed by atoms with Crippen LogP contribution in [0.5, 0.6) is 0 Å². The molecule has 0 radical (unpaired) electrons. The van der Waals surface area contributed by atoms with Crippen LogP contribution in [0.4, 0.5) is 0 Å². The number of rotatable bonds is 2. The largest absolute Gasteiger partial charge is 0.378 e. The van der Waals surface area contributed by atoms with Gasteiger partial charge in [-0.15, -0.1) is 0 Å². The monoisotopic (exact) mass is 344 g/mol. The molecule has 2 N–H and O–H groups in total. The molecule has 0 fully saturated rings. The van der Waals surface area contributed by atoms with E-state index in [-0.39, 0.29) is 5.25 Å². The van der Waals surface area contributed by atoms with E-state index in [1.807, 2.05) is 30.3 Å². The van der Waals surface area contributed by atoms with Crippen LogP contribution in [-0.2, 0) is 0 Å². The average Bonchev–Trinajstić information content (AvgIpc) is 2.47. The van der Waals surface area contributed by atoms with Gasteiger partial charge < -0.3 is 5.73 Å². The Morgan fingerprint density at radius 2 is 1.85 bits per heavy atom. The summed E-state index contributed by atoms with van der Waals surface area (Å²) in [6.45, 7) is 0.